The van der Waals surface area contributed by atoms with Crippen LogP contribution < -0.4 is 0 Å². The van der Waals surface area contributed by atoms with Crippen LogP contribution in [-0.4, -0.2) is 14.8 Å². The lowest BCUT2D eigenvalue weighted by molar-refractivity contribution is 0.828. The molecule has 4 nitrogen and oxygen atoms in total. The average Bonchev–Trinajstić information content (AvgIpc) is 2.57. The molecule has 0 atom stereocenters. The molecule has 2 aromatic rings. The number of halogens is 1. The Morgan fingerprint density at radius 3 is 2.56 bits per heavy atom. The first-order valence-corrected chi connectivity index (χ1v) is 5.51. The number of hydrogen-bond donors (Lipinski definition) is 0. The van der Waals surface area contributed by atoms with E-state index in [2.05, 4.69) is 26.0 Å². The lowest BCUT2D eigenvalue weighted by Gasteiger charge is -2.03. The third kappa shape index (κ3) is 1.72. The largest absolute Gasteiger partial charge is 0.243 e. The summed E-state index contributed by atoms with van der Waals surface area (Å²) < 4.78 is 2.80. The van der Waals surface area contributed by atoms with Crippen LogP contribution in [0.1, 0.15) is 17.1 Å². The number of hydrogen-bond acceptors (Lipinski definition) is 3. The van der Waals surface area contributed by atoms with Gasteiger partial charge in [0.2, 0.25) is 0 Å². The molecule has 0 spiro atoms. The van der Waals surface area contributed by atoms with Gasteiger partial charge in [-0.1, -0.05) is 0 Å². The standard InChI is InChI=1S/C11H9BrN4/c1-7-11(12)8(2)16(15-7)10-4-3-9(5-13)14-6-10/h3-4,6H,1-2H3. The van der Waals surface area contributed by atoms with E-state index in [-0.39, 0.29) is 0 Å². The summed E-state index contributed by atoms with van der Waals surface area (Å²) >= 11 is 3.47. The number of aryl methyl sites for hydroxylation is 1. The van der Waals surface area contributed by atoms with Gasteiger partial charge in [-0.3, -0.25) is 0 Å². The van der Waals surface area contributed by atoms with Gasteiger partial charge in [0.25, 0.3) is 0 Å². The van der Waals surface area contributed by atoms with E-state index in [0.717, 1.165) is 21.5 Å². The molecule has 0 saturated carbocycles. The van der Waals surface area contributed by atoms with Crippen LogP contribution in [0, 0.1) is 25.2 Å². The van der Waals surface area contributed by atoms with Gasteiger partial charge in [0.1, 0.15) is 11.8 Å². The van der Waals surface area contributed by atoms with Gasteiger partial charge in [-0.15, -0.1) is 0 Å². The van der Waals surface area contributed by atoms with E-state index in [9.17, 15) is 0 Å². The fraction of sp³-hybridized carbons (Fsp3) is 0.182. The molecule has 0 unspecified atom stereocenters. The summed E-state index contributed by atoms with van der Waals surface area (Å²) in [7, 11) is 0. The van der Waals surface area contributed by atoms with Crippen LogP contribution in [0.25, 0.3) is 5.69 Å². The summed E-state index contributed by atoms with van der Waals surface area (Å²) in [6.07, 6.45) is 1.64. The third-order valence-electron chi connectivity index (χ3n) is 2.31. The van der Waals surface area contributed by atoms with Gasteiger partial charge >= 0.3 is 0 Å². The minimum atomic E-state index is 0.407. The van der Waals surface area contributed by atoms with Crippen molar-refractivity contribution in [2.24, 2.45) is 0 Å². The number of nitriles is 1. The van der Waals surface area contributed by atoms with Crippen LogP contribution >= 0.6 is 15.9 Å². The molecule has 0 fully saturated rings. The smallest absolute Gasteiger partial charge is 0.140 e. The molecular weight excluding hydrogens is 268 g/mol. The van der Waals surface area contributed by atoms with Crippen LogP contribution in [0.2, 0.25) is 0 Å². The molecule has 0 radical (unpaired) electrons. The zero-order valence-corrected chi connectivity index (χ0v) is 10.5. The van der Waals surface area contributed by atoms with Crippen LogP contribution in [-0.2, 0) is 0 Å². The first-order chi connectivity index (χ1) is 7.63. The van der Waals surface area contributed by atoms with Gasteiger partial charge in [0, 0.05) is 0 Å². The normalized spacial score (nSPS) is 10.1. The molecule has 0 aliphatic carbocycles. The zero-order valence-electron chi connectivity index (χ0n) is 8.90. The predicted molar refractivity (Wildman–Crippen MR) is 63.2 cm³/mol. The first kappa shape index (κ1) is 10.8. The Morgan fingerprint density at radius 2 is 2.12 bits per heavy atom. The minimum Gasteiger partial charge on any atom is -0.243 e. The van der Waals surface area contributed by atoms with Crippen molar-refractivity contribution in [2.75, 3.05) is 0 Å². The fourth-order valence-electron chi connectivity index (χ4n) is 1.45. The third-order valence-corrected chi connectivity index (χ3v) is 3.46. The average molecular weight is 277 g/mol. The summed E-state index contributed by atoms with van der Waals surface area (Å²) in [5.74, 6) is 0. The molecule has 80 valence electrons. The maximum absolute atomic E-state index is 8.66. The summed E-state index contributed by atoms with van der Waals surface area (Å²) in [5.41, 5.74) is 3.21. The lowest BCUT2D eigenvalue weighted by Crippen LogP contribution is -2.00. The van der Waals surface area contributed by atoms with Gasteiger partial charge in [-0.25, -0.2) is 9.67 Å². The number of nitrogens with zero attached hydrogens (tertiary/aromatic N) is 4. The van der Waals surface area contributed by atoms with Crippen molar-refractivity contribution in [1.29, 1.82) is 5.26 Å². The van der Waals surface area contributed by atoms with E-state index in [1.165, 1.54) is 0 Å². The van der Waals surface area contributed by atoms with Crippen molar-refractivity contribution in [3.8, 4) is 11.8 Å². The van der Waals surface area contributed by atoms with Gasteiger partial charge < -0.3 is 0 Å². The summed E-state index contributed by atoms with van der Waals surface area (Å²) in [6.45, 7) is 3.91. The Bertz CT molecular complexity index is 563. The van der Waals surface area contributed by atoms with Crippen LogP contribution in [0.3, 0.4) is 0 Å². The van der Waals surface area contributed by atoms with E-state index >= 15 is 0 Å². The fourth-order valence-corrected chi connectivity index (χ4v) is 1.70. The summed E-state index contributed by atoms with van der Waals surface area (Å²) in [4.78, 5) is 4.02. The van der Waals surface area contributed by atoms with Crippen molar-refractivity contribution in [3.63, 3.8) is 0 Å². The van der Waals surface area contributed by atoms with Crippen LogP contribution in [0.15, 0.2) is 22.8 Å². The second kappa shape index (κ2) is 4.06. The van der Waals surface area contributed by atoms with Crippen molar-refractivity contribution >= 4 is 15.9 Å². The Hall–Kier alpha value is -1.67. The van der Waals surface area contributed by atoms with E-state index in [0.29, 0.717) is 5.69 Å². The van der Waals surface area contributed by atoms with Crippen molar-refractivity contribution < 1.29 is 0 Å². The molecular formula is C11H9BrN4. The number of pyridine rings is 1. The van der Waals surface area contributed by atoms with E-state index in [1.54, 1.807) is 16.9 Å². The maximum Gasteiger partial charge on any atom is 0.140 e. The Kier molecular flexibility index (Phi) is 2.75. The van der Waals surface area contributed by atoms with E-state index in [4.69, 9.17) is 5.26 Å². The molecule has 2 rings (SSSR count). The van der Waals surface area contributed by atoms with Crippen molar-refractivity contribution in [1.82, 2.24) is 14.8 Å². The Balaban J connectivity index is 2.51. The SMILES string of the molecule is Cc1nn(-c2ccc(C#N)nc2)c(C)c1Br. The van der Waals surface area contributed by atoms with Gasteiger partial charge in [-0.2, -0.15) is 10.4 Å². The molecule has 0 aliphatic rings. The molecule has 0 aliphatic heterocycles. The molecule has 0 bridgehead atoms. The monoisotopic (exact) mass is 276 g/mol. The first-order valence-electron chi connectivity index (χ1n) is 4.71. The van der Waals surface area contributed by atoms with E-state index in [1.807, 2.05) is 26.0 Å². The molecule has 5 heteroatoms. The van der Waals surface area contributed by atoms with Crippen LogP contribution in [0.5, 0.6) is 0 Å². The summed E-state index contributed by atoms with van der Waals surface area (Å²) in [5, 5.41) is 13.0. The molecule has 0 N–H and O–H groups in total. The predicted octanol–water partition coefficient (Wildman–Crippen LogP) is 2.52. The number of aromatic nitrogens is 3. The Labute approximate surface area is 102 Å². The molecule has 0 aromatic carbocycles. The molecule has 16 heavy (non-hydrogen) atoms. The van der Waals surface area contributed by atoms with E-state index < -0.39 is 0 Å². The topological polar surface area (TPSA) is 54.5 Å². The highest BCUT2D eigenvalue weighted by Gasteiger charge is 2.10. The van der Waals surface area contributed by atoms with Crippen molar-refractivity contribution in [2.45, 2.75) is 13.8 Å². The Morgan fingerprint density at radius 1 is 1.38 bits per heavy atom. The maximum atomic E-state index is 8.66. The van der Waals surface area contributed by atoms with Crippen molar-refractivity contribution in [3.05, 3.63) is 39.9 Å². The highest BCUT2D eigenvalue weighted by molar-refractivity contribution is 9.10. The van der Waals surface area contributed by atoms with Gasteiger partial charge in [0.05, 0.1) is 27.7 Å². The highest BCUT2D eigenvalue weighted by Crippen LogP contribution is 2.22. The molecule has 0 saturated heterocycles. The minimum absolute atomic E-state index is 0.407. The zero-order chi connectivity index (χ0) is 11.7. The van der Waals surface area contributed by atoms with Gasteiger partial charge in [-0.05, 0) is 41.9 Å². The molecule has 2 aromatic heterocycles. The summed E-state index contributed by atoms with van der Waals surface area (Å²) in [6, 6.07) is 5.50. The second-order valence-electron chi connectivity index (χ2n) is 3.41. The molecule has 0 amide bonds. The lowest BCUT2D eigenvalue weighted by atomic mass is 10.3. The molecule has 2 heterocycles. The number of rotatable bonds is 1. The quantitative estimate of drug-likeness (QED) is 0.804. The second-order valence-corrected chi connectivity index (χ2v) is 4.20. The van der Waals surface area contributed by atoms with Crippen LogP contribution in [0.4, 0.5) is 0 Å². The van der Waals surface area contributed by atoms with Gasteiger partial charge in [0.15, 0.2) is 0 Å². The highest BCUT2D eigenvalue weighted by atomic mass is 79.9.